The summed E-state index contributed by atoms with van der Waals surface area (Å²) in [5.74, 6) is -0.535. The van der Waals surface area contributed by atoms with Gasteiger partial charge in [-0.05, 0) is 6.26 Å². The number of hydrogen-bond donors (Lipinski definition) is 1. The number of nitrogen functional groups attached to an aromatic ring is 1. The van der Waals surface area contributed by atoms with E-state index in [-0.39, 0.29) is 5.16 Å². The number of anilines is 1. The number of rotatable bonds is 1. The summed E-state index contributed by atoms with van der Waals surface area (Å²) in [7, 11) is 0. The van der Waals surface area contributed by atoms with Crippen molar-refractivity contribution in [2.75, 3.05) is 12.0 Å². The molecule has 7 heteroatoms. The van der Waals surface area contributed by atoms with E-state index in [2.05, 4.69) is 9.97 Å². The van der Waals surface area contributed by atoms with Crippen molar-refractivity contribution < 1.29 is 13.2 Å². The molecule has 2 N–H and O–H groups in total. The second-order valence-electron chi connectivity index (χ2n) is 2.15. The van der Waals surface area contributed by atoms with Crippen LogP contribution in [0.2, 0.25) is 0 Å². The zero-order valence-corrected chi connectivity index (χ0v) is 7.41. The molecule has 1 rings (SSSR count). The van der Waals surface area contributed by atoms with Crippen molar-refractivity contribution >= 4 is 17.6 Å². The van der Waals surface area contributed by atoms with E-state index in [4.69, 9.17) is 5.73 Å². The fourth-order valence-electron chi connectivity index (χ4n) is 0.695. The summed E-state index contributed by atoms with van der Waals surface area (Å²) in [6.07, 6.45) is -2.14. The minimum atomic E-state index is -4.49. The number of hydrogen-bond acceptors (Lipinski definition) is 4. The smallest absolute Gasteiger partial charge is 0.383 e. The van der Waals surface area contributed by atoms with Gasteiger partial charge >= 0.3 is 6.18 Å². The first-order chi connectivity index (χ1) is 5.95. The normalized spacial score (nSPS) is 11.7. The van der Waals surface area contributed by atoms with Crippen LogP contribution in [0.5, 0.6) is 0 Å². The van der Waals surface area contributed by atoms with Crippen LogP contribution in [0.25, 0.3) is 0 Å². The third kappa shape index (κ3) is 2.24. The summed E-state index contributed by atoms with van der Waals surface area (Å²) in [5, 5.41) is 0.227. The fraction of sp³-hybridized carbons (Fsp3) is 0.333. The van der Waals surface area contributed by atoms with Crippen molar-refractivity contribution in [1.29, 1.82) is 0 Å². The largest absolute Gasteiger partial charge is 0.421 e. The molecule has 1 aromatic rings. The van der Waals surface area contributed by atoms with Crippen molar-refractivity contribution in [3.8, 4) is 0 Å². The van der Waals surface area contributed by atoms with Gasteiger partial charge < -0.3 is 5.73 Å². The molecule has 0 fully saturated rings. The first-order valence-corrected chi connectivity index (χ1v) is 4.41. The lowest BCUT2D eigenvalue weighted by Gasteiger charge is -2.08. The maximum absolute atomic E-state index is 12.1. The van der Waals surface area contributed by atoms with Crippen LogP contribution < -0.4 is 5.73 Å². The first kappa shape index (κ1) is 10.1. The number of nitrogens with two attached hydrogens (primary N) is 1. The van der Waals surface area contributed by atoms with Crippen molar-refractivity contribution in [2.24, 2.45) is 0 Å². The fourth-order valence-corrected chi connectivity index (χ4v) is 1.04. The minimum absolute atomic E-state index is 0.227. The summed E-state index contributed by atoms with van der Waals surface area (Å²) in [5.41, 5.74) is 4.10. The second kappa shape index (κ2) is 3.41. The van der Waals surface area contributed by atoms with E-state index in [0.29, 0.717) is 6.20 Å². The van der Waals surface area contributed by atoms with E-state index in [1.54, 1.807) is 6.26 Å². The number of aromatic nitrogens is 2. The monoisotopic (exact) mass is 209 g/mol. The summed E-state index contributed by atoms with van der Waals surface area (Å²) in [6, 6.07) is 0. The lowest BCUT2D eigenvalue weighted by molar-refractivity contribution is -0.137. The Hall–Kier alpha value is -0.980. The molecule has 1 aromatic heterocycles. The predicted molar refractivity (Wildman–Crippen MR) is 43.2 cm³/mol. The highest BCUT2D eigenvalue weighted by atomic mass is 32.2. The van der Waals surface area contributed by atoms with Gasteiger partial charge in [0.25, 0.3) is 0 Å². The van der Waals surface area contributed by atoms with Crippen LogP contribution >= 0.6 is 11.8 Å². The van der Waals surface area contributed by atoms with Gasteiger partial charge in [0, 0.05) is 6.20 Å². The van der Waals surface area contributed by atoms with E-state index < -0.39 is 17.6 Å². The second-order valence-corrected chi connectivity index (χ2v) is 2.93. The minimum Gasteiger partial charge on any atom is -0.383 e. The van der Waals surface area contributed by atoms with Crippen molar-refractivity contribution in [1.82, 2.24) is 9.97 Å². The average Bonchev–Trinajstić information content (AvgIpc) is 2.01. The van der Waals surface area contributed by atoms with Gasteiger partial charge in [-0.3, -0.25) is 0 Å². The molecule has 0 aromatic carbocycles. The van der Waals surface area contributed by atoms with Crippen LogP contribution in [0.3, 0.4) is 0 Å². The molecule has 0 radical (unpaired) electrons. The Kier molecular flexibility index (Phi) is 2.65. The van der Waals surface area contributed by atoms with Gasteiger partial charge in [-0.2, -0.15) is 13.2 Å². The van der Waals surface area contributed by atoms with Gasteiger partial charge in [-0.1, -0.05) is 11.8 Å². The highest BCUT2D eigenvalue weighted by Gasteiger charge is 2.34. The molecule has 0 atom stereocenters. The van der Waals surface area contributed by atoms with Crippen molar-refractivity contribution in [3.05, 3.63) is 11.8 Å². The highest BCUT2D eigenvalue weighted by Crippen LogP contribution is 2.32. The molecule has 0 aliphatic rings. The summed E-state index contributed by atoms with van der Waals surface area (Å²) in [4.78, 5) is 6.94. The summed E-state index contributed by atoms with van der Waals surface area (Å²) in [6.45, 7) is 0. The van der Waals surface area contributed by atoms with E-state index >= 15 is 0 Å². The lowest BCUT2D eigenvalue weighted by atomic mass is 10.3. The summed E-state index contributed by atoms with van der Waals surface area (Å²) >= 11 is 1.13. The number of alkyl halides is 3. The van der Waals surface area contributed by atoms with Gasteiger partial charge in [0.15, 0.2) is 5.16 Å². The SMILES string of the molecule is CSc1ncc(C(F)(F)F)c(N)n1. The van der Waals surface area contributed by atoms with Crippen LogP contribution in [-0.4, -0.2) is 16.2 Å². The average molecular weight is 209 g/mol. The Morgan fingerprint density at radius 1 is 1.46 bits per heavy atom. The standard InChI is InChI=1S/C6H6F3N3S/c1-13-5-11-2-3(4(10)12-5)6(7,8)9/h2H,1H3,(H2,10,11,12). The Morgan fingerprint density at radius 3 is 2.46 bits per heavy atom. The molecular formula is C6H6F3N3S. The number of thioether (sulfide) groups is 1. The maximum atomic E-state index is 12.1. The third-order valence-corrected chi connectivity index (χ3v) is 1.85. The molecule has 0 bridgehead atoms. The Labute approximate surface area is 76.6 Å². The Morgan fingerprint density at radius 2 is 2.08 bits per heavy atom. The molecule has 0 saturated heterocycles. The van der Waals surface area contributed by atoms with E-state index in [1.165, 1.54) is 0 Å². The first-order valence-electron chi connectivity index (χ1n) is 3.19. The molecule has 0 aliphatic heterocycles. The van der Waals surface area contributed by atoms with Crippen molar-refractivity contribution in [3.63, 3.8) is 0 Å². The molecule has 13 heavy (non-hydrogen) atoms. The molecule has 3 nitrogen and oxygen atoms in total. The van der Waals surface area contributed by atoms with E-state index in [1.807, 2.05) is 0 Å². The molecule has 0 aliphatic carbocycles. The predicted octanol–water partition coefficient (Wildman–Crippen LogP) is 1.80. The molecule has 0 amide bonds. The molecular weight excluding hydrogens is 203 g/mol. The third-order valence-electron chi connectivity index (χ3n) is 1.28. The van der Waals surface area contributed by atoms with Gasteiger partial charge in [-0.15, -0.1) is 0 Å². The van der Waals surface area contributed by atoms with Crippen LogP contribution in [0.15, 0.2) is 11.4 Å². The van der Waals surface area contributed by atoms with E-state index in [9.17, 15) is 13.2 Å². The molecule has 0 saturated carbocycles. The summed E-state index contributed by atoms with van der Waals surface area (Å²) < 4.78 is 36.4. The number of halogens is 3. The van der Waals surface area contributed by atoms with Gasteiger partial charge in [0.2, 0.25) is 0 Å². The molecule has 1 heterocycles. The number of nitrogens with zero attached hydrogens (tertiary/aromatic N) is 2. The Bertz CT molecular complexity index is 312. The molecule has 0 spiro atoms. The van der Waals surface area contributed by atoms with Crippen LogP contribution in [0.4, 0.5) is 19.0 Å². The molecule has 72 valence electrons. The molecule has 0 unspecified atom stereocenters. The van der Waals surface area contributed by atoms with Gasteiger partial charge in [-0.25, -0.2) is 9.97 Å². The highest BCUT2D eigenvalue weighted by molar-refractivity contribution is 7.98. The van der Waals surface area contributed by atoms with E-state index in [0.717, 1.165) is 11.8 Å². The van der Waals surface area contributed by atoms with Gasteiger partial charge in [0.1, 0.15) is 11.4 Å². The lowest BCUT2D eigenvalue weighted by Crippen LogP contribution is -2.11. The van der Waals surface area contributed by atoms with Crippen molar-refractivity contribution in [2.45, 2.75) is 11.3 Å². The van der Waals surface area contributed by atoms with Crippen LogP contribution in [0, 0.1) is 0 Å². The zero-order valence-electron chi connectivity index (χ0n) is 6.59. The van der Waals surface area contributed by atoms with Gasteiger partial charge in [0.05, 0.1) is 0 Å². The Balaban J connectivity index is 3.13. The van der Waals surface area contributed by atoms with Crippen LogP contribution in [0.1, 0.15) is 5.56 Å². The topological polar surface area (TPSA) is 51.8 Å². The maximum Gasteiger partial charge on any atom is 0.421 e. The van der Waals surface area contributed by atoms with Crippen LogP contribution in [-0.2, 0) is 6.18 Å². The quantitative estimate of drug-likeness (QED) is 0.566. The zero-order chi connectivity index (χ0) is 10.1.